The zero-order chi connectivity index (χ0) is 14.7. The van der Waals surface area contributed by atoms with Crippen molar-refractivity contribution >= 4 is 22.4 Å². The van der Waals surface area contributed by atoms with E-state index in [0.717, 1.165) is 23.9 Å². The second kappa shape index (κ2) is 6.24. The number of anilines is 1. The molecule has 21 heavy (non-hydrogen) atoms. The summed E-state index contributed by atoms with van der Waals surface area (Å²) in [4.78, 5) is 12.0. The smallest absolute Gasteiger partial charge is 0.238 e. The first kappa shape index (κ1) is 14.0. The number of amides is 1. The molecule has 2 aromatic rings. The third-order valence-corrected chi connectivity index (χ3v) is 3.92. The molecule has 3 rings (SSSR count). The maximum absolute atomic E-state index is 12.0. The topological polar surface area (TPSA) is 50.4 Å². The van der Waals surface area contributed by atoms with Gasteiger partial charge in [-0.3, -0.25) is 4.79 Å². The fourth-order valence-electron chi connectivity index (χ4n) is 2.93. The fourth-order valence-corrected chi connectivity index (χ4v) is 2.93. The molecule has 0 fully saturated rings. The van der Waals surface area contributed by atoms with Crippen LogP contribution in [0.2, 0.25) is 0 Å². The van der Waals surface area contributed by atoms with E-state index in [9.17, 15) is 4.79 Å². The molecule has 1 amide bonds. The number of hydrogen-bond donors (Lipinski definition) is 2. The van der Waals surface area contributed by atoms with Crippen molar-refractivity contribution in [3.8, 4) is 0 Å². The second-order valence-corrected chi connectivity index (χ2v) is 5.33. The summed E-state index contributed by atoms with van der Waals surface area (Å²) in [6, 6.07) is 10.5. The number of carbonyl (C=O) groups is 1. The van der Waals surface area contributed by atoms with Crippen molar-refractivity contribution in [3.63, 3.8) is 0 Å². The lowest BCUT2D eigenvalue weighted by Crippen LogP contribution is -2.30. The second-order valence-electron chi connectivity index (χ2n) is 5.33. The number of hydrogen-bond acceptors (Lipinski definition) is 3. The van der Waals surface area contributed by atoms with E-state index in [-0.39, 0.29) is 5.91 Å². The van der Waals surface area contributed by atoms with Crippen LogP contribution in [0.3, 0.4) is 0 Å². The molecular formula is C17H20N2O2. The van der Waals surface area contributed by atoms with Gasteiger partial charge in [-0.25, -0.2) is 0 Å². The molecule has 1 aliphatic rings. The molecule has 4 nitrogen and oxygen atoms in total. The highest BCUT2D eigenvalue weighted by molar-refractivity contribution is 6.05. The summed E-state index contributed by atoms with van der Waals surface area (Å²) in [5.74, 6) is -0.0233. The average Bonchev–Trinajstić information content (AvgIpc) is 2.92. The lowest BCUT2D eigenvalue weighted by Gasteiger charge is -2.11. The van der Waals surface area contributed by atoms with Crippen LogP contribution in [-0.4, -0.2) is 32.7 Å². The van der Waals surface area contributed by atoms with Gasteiger partial charge in [0.2, 0.25) is 5.91 Å². The first-order valence-electron chi connectivity index (χ1n) is 7.32. The predicted molar refractivity (Wildman–Crippen MR) is 84.7 cm³/mol. The van der Waals surface area contributed by atoms with E-state index in [1.807, 2.05) is 6.07 Å². The number of ether oxygens (including phenoxy) is 1. The Morgan fingerprint density at radius 2 is 2.00 bits per heavy atom. The van der Waals surface area contributed by atoms with Gasteiger partial charge in [0.1, 0.15) is 0 Å². The summed E-state index contributed by atoms with van der Waals surface area (Å²) in [5, 5.41) is 8.52. The Morgan fingerprint density at radius 1 is 1.19 bits per heavy atom. The van der Waals surface area contributed by atoms with Crippen LogP contribution in [0.25, 0.3) is 10.8 Å². The molecule has 0 saturated carbocycles. The van der Waals surface area contributed by atoms with Crippen LogP contribution in [0.4, 0.5) is 5.69 Å². The molecule has 2 N–H and O–H groups in total. The van der Waals surface area contributed by atoms with Gasteiger partial charge < -0.3 is 15.4 Å². The van der Waals surface area contributed by atoms with E-state index in [4.69, 9.17) is 4.74 Å². The van der Waals surface area contributed by atoms with Gasteiger partial charge in [-0.2, -0.15) is 0 Å². The van der Waals surface area contributed by atoms with Crippen LogP contribution >= 0.6 is 0 Å². The van der Waals surface area contributed by atoms with Crippen molar-refractivity contribution < 1.29 is 9.53 Å². The zero-order valence-corrected chi connectivity index (χ0v) is 12.2. The number of carbonyl (C=O) groups excluding carboxylic acids is 1. The highest BCUT2D eigenvalue weighted by atomic mass is 16.5. The summed E-state index contributed by atoms with van der Waals surface area (Å²) in [6.45, 7) is 1.58. The van der Waals surface area contributed by atoms with Crippen LogP contribution < -0.4 is 10.6 Å². The molecule has 0 unspecified atom stereocenters. The van der Waals surface area contributed by atoms with Crippen LogP contribution in [-0.2, 0) is 22.4 Å². The normalized spacial score (nSPS) is 12.8. The SMILES string of the molecule is COCCNCC(=O)Nc1ccc2c3c(cccc13)CC2. The summed E-state index contributed by atoms with van der Waals surface area (Å²) in [7, 11) is 1.65. The van der Waals surface area contributed by atoms with E-state index < -0.39 is 0 Å². The van der Waals surface area contributed by atoms with Crippen LogP contribution in [0.15, 0.2) is 30.3 Å². The highest BCUT2D eigenvalue weighted by Gasteiger charge is 2.16. The van der Waals surface area contributed by atoms with E-state index in [1.54, 1.807) is 7.11 Å². The summed E-state index contributed by atoms with van der Waals surface area (Å²) in [5.41, 5.74) is 3.67. The molecule has 110 valence electrons. The van der Waals surface area contributed by atoms with Gasteiger partial charge in [0.25, 0.3) is 0 Å². The van der Waals surface area contributed by atoms with Crippen LogP contribution in [0, 0.1) is 0 Å². The Labute approximate surface area is 124 Å². The van der Waals surface area contributed by atoms with E-state index in [1.165, 1.54) is 16.5 Å². The van der Waals surface area contributed by atoms with Gasteiger partial charge in [0.05, 0.1) is 13.2 Å². The van der Waals surface area contributed by atoms with Gasteiger partial charge >= 0.3 is 0 Å². The summed E-state index contributed by atoms with van der Waals surface area (Å²) >= 11 is 0. The highest BCUT2D eigenvalue weighted by Crippen LogP contribution is 2.34. The lowest BCUT2D eigenvalue weighted by atomic mass is 10.0. The molecule has 0 saturated heterocycles. The van der Waals surface area contributed by atoms with Crippen molar-refractivity contribution in [2.24, 2.45) is 0 Å². The molecule has 4 heteroatoms. The molecule has 0 spiro atoms. The van der Waals surface area contributed by atoms with Gasteiger partial charge in [-0.1, -0.05) is 24.3 Å². The van der Waals surface area contributed by atoms with E-state index in [0.29, 0.717) is 19.7 Å². The molecule has 0 radical (unpaired) electrons. The van der Waals surface area contributed by atoms with Gasteiger partial charge in [-0.15, -0.1) is 0 Å². The van der Waals surface area contributed by atoms with Crippen molar-refractivity contribution in [1.82, 2.24) is 5.32 Å². The van der Waals surface area contributed by atoms with Crippen molar-refractivity contribution in [1.29, 1.82) is 0 Å². The maximum atomic E-state index is 12.0. The zero-order valence-electron chi connectivity index (χ0n) is 12.2. The van der Waals surface area contributed by atoms with Crippen LogP contribution in [0.5, 0.6) is 0 Å². The van der Waals surface area contributed by atoms with Crippen LogP contribution in [0.1, 0.15) is 11.1 Å². The first-order chi connectivity index (χ1) is 10.3. The van der Waals surface area contributed by atoms with Crippen molar-refractivity contribution in [2.75, 3.05) is 32.1 Å². The number of rotatable bonds is 6. The monoisotopic (exact) mass is 284 g/mol. The Balaban J connectivity index is 1.75. The van der Waals surface area contributed by atoms with Gasteiger partial charge in [-0.05, 0) is 35.4 Å². The molecule has 2 aromatic carbocycles. The van der Waals surface area contributed by atoms with Gasteiger partial charge in [0.15, 0.2) is 0 Å². The number of methoxy groups -OCH3 is 1. The summed E-state index contributed by atoms with van der Waals surface area (Å²) in [6.07, 6.45) is 2.20. The van der Waals surface area contributed by atoms with Crippen molar-refractivity contribution in [3.05, 3.63) is 41.5 Å². The number of nitrogens with one attached hydrogen (secondary N) is 2. The molecule has 1 aliphatic carbocycles. The quantitative estimate of drug-likeness (QED) is 0.799. The Morgan fingerprint density at radius 3 is 2.81 bits per heavy atom. The largest absolute Gasteiger partial charge is 0.383 e. The molecule has 0 aromatic heterocycles. The third-order valence-electron chi connectivity index (χ3n) is 3.92. The number of benzene rings is 2. The Hall–Kier alpha value is -1.91. The molecule has 0 bridgehead atoms. The fraction of sp³-hybridized carbons (Fsp3) is 0.353. The minimum atomic E-state index is -0.0233. The molecular weight excluding hydrogens is 264 g/mol. The van der Waals surface area contributed by atoms with Crippen molar-refractivity contribution in [2.45, 2.75) is 12.8 Å². The Kier molecular flexibility index (Phi) is 4.18. The lowest BCUT2D eigenvalue weighted by molar-refractivity contribution is -0.115. The minimum Gasteiger partial charge on any atom is -0.383 e. The Bertz CT molecular complexity index is 657. The average molecular weight is 284 g/mol. The van der Waals surface area contributed by atoms with E-state index in [2.05, 4.69) is 34.9 Å². The van der Waals surface area contributed by atoms with Gasteiger partial charge in [0, 0.05) is 24.7 Å². The molecule has 0 aliphatic heterocycles. The third kappa shape index (κ3) is 2.91. The minimum absolute atomic E-state index is 0.0233. The first-order valence-corrected chi connectivity index (χ1v) is 7.32. The predicted octanol–water partition coefficient (Wildman–Crippen LogP) is 2.11. The molecule has 0 heterocycles. The summed E-state index contributed by atoms with van der Waals surface area (Å²) < 4.78 is 4.94. The number of aryl methyl sites for hydroxylation is 2. The standard InChI is InChI=1S/C17H20N2O2/c1-21-10-9-18-11-16(20)19-15-8-7-13-6-5-12-3-2-4-14(15)17(12)13/h2-4,7-8,18H,5-6,9-11H2,1H3,(H,19,20). The van der Waals surface area contributed by atoms with E-state index >= 15 is 0 Å². The molecule has 0 atom stereocenters. The maximum Gasteiger partial charge on any atom is 0.238 e.